The first-order valence-corrected chi connectivity index (χ1v) is 23.7. The van der Waals surface area contributed by atoms with Gasteiger partial charge in [0.1, 0.15) is 5.01 Å². The van der Waals surface area contributed by atoms with Gasteiger partial charge in [0.25, 0.3) is 0 Å². The molecule has 0 aliphatic heterocycles. The van der Waals surface area contributed by atoms with Gasteiger partial charge in [0, 0.05) is 49.5 Å². The van der Waals surface area contributed by atoms with E-state index in [1.54, 1.807) is 11.8 Å². The van der Waals surface area contributed by atoms with Crippen LogP contribution in [0.25, 0.3) is 43.8 Å². The molecule has 64 heavy (non-hydrogen) atoms. The summed E-state index contributed by atoms with van der Waals surface area (Å²) in [6, 6.07) is 65.6. The summed E-state index contributed by atoms with van der Waals surface area (Å²) >= 11 is 3.63. The van der Waals surface area contributed by atoms with Gasteiger partial charge < -0.3 is 9.80 Å². The number of allylic oxidation sites excluding steroid dienone is 5. The van der Waals surface area contributed by atoms with Gasteiger partial charge >= 0.3 is 0 Å². The first-order chi connectivity index (χ1) is 31.4. The van der Waals surface area contributed by atoms with Crippen molar-refractivity contribution >= 4 is 68.2 Å². The fraction of sp³-hybridized carbons (Fsp3) is 0.102. The Hall–Kier alpha value is -6.92. The third-order valence-electron chi connectivity index (χ3n) is 12.1. The summed E-state index contributed by atoms with van der Waals surface area (Å²) in [5.74, 6) is 0. The summed E-state index contributed by atoms with van der Waals surface area (Å²) in [4.78, 5) is 13.5. The van der Waals surface area contributed by atoms with E-state index in [1.807, 2.05) is 11.3 Å². The second kappa shape index (κ2) is 18.4. The molecule has 0 saturated carbocycles. The minimum Gasteiger partial charge on any atom is -0.311 e. The van der Waals surface area contributed by atoms with Gasteiger partial charge in [-0.1, -0.05) is 133 Å². The Bertz CT molecular complexity index is 3000. The molecular formula is C59H49N3S2. The van der Waals surface area contributed by atoms with Crippen molar-refractivity contribution in [3.05, 3.63) is 233 Å². The molecule has 0 amide bonds. The van der Waals surface area contributed by atoms with Crippen LogP contribution in [0, 0.1) is 0 Å². The molecule has 0 spiro atoms. The minimum atomic E-state index is 1.08. The average molecular weight is 864 g/mol. The van der Waals surface area contributed by atoms with Crippen molar-refractivity contribution in [3.8, 4) is 32.8 Å². The lowest BCUT2D eigenvalue weighted by Crippen LogP contribution is -2.09. The van der Waals surface area contributed by atoms with Crippen LogP contribution in [-0.2, 0) is 6.42 Å². The Morgan fingerprint density at radius 1 is 0.516 bits per heavy atom. The van der Waals surface area contributed by atoms with Gasteiger partial charge in [-0.05, 0) is 169 Å². The van der Waals surface area contributed by atoms with E-state index in [9.17, 15) is 0 Å². The lowest BCUT2D eigenvalue weighted by atomic mass is 9.99. The van der Waals surface area contributed by atoms with Crippen molar-refractivity contribution in [1.82, 2.24) is 4.98 Å². The molecule has 0 bridgehead atoms. The van der Waals surface area contributed by atoms with Crippen molar-refractivity contribution < 1.29 is 0 Å². The van der Waals surface area contributed by atoms with Gasteiger partial charge in [-0.25, -0.2) is 4.98 Å². The molecule has 312 valence electrons. The molecule has 0 N–H and O–H groups in total. The number of aryl methyl sites for hydroxylation is 1. The fourth-order valence-electron chi connectivity index (χ4n) is 8.56. The van der Waals surface area contributed by atoms with Crippen LogP contribution in [0.3, 0.4) is 0 Å². The molecular weight excluding hydrogens is 815 g/mol. The van der Waals surface area contributed by atoms with E-state index in [0.717, 1.165) is 86.5 Å². The first kappa shape index (κ1) is 41.1. The first-order valence-electron chi connectivity index (χ1n) is 22.1. The maximum Gasteiger partial charge on any atom is 0.124 e. The number of anilines is 6. The summed E-state index contributed by atoms with van der Waals surface area (Å²) in [6.45, 7) is 8.84. The molecule has 0 radical (unpaired) electrons. The maximum absolute atomic E-state index is 5.00. The summed E-state index contributed by atoms with van der Waals surface area (Å²) in [5, 5.41) is 1.09. The smallest absolute Gasteiger partial charge is 0.124 e. The number of para-hydroxylation sites is 2. The summed E-state index contributed by atoms with van der Waals surface area (Å²) in [6.07, 6.45) is 11.1. The highest BCUT2D eigenvalue weighted by molar-refractivity contribution is 8.11. The Morgan fingerprint density at radius 3 is 1.44 bits per heavy atom. The third kappa shape index (κ3) is 8.83. The predicted molar refractivity (Wildman–Crippen MR) is 277 cm³/mol. The van der Waals surface area contributed by atoms with E-state index in [1.165, 1.54) is 43.2 Å². The zero-order valence-corrected chi connectivity index (χ0v) is 37.9. The third-order valence-corrected chi connectivity index (χ3v) is 14.5. The molecule has 0 saturated heterocycles. The Balaban J connectivity index is 0.856. The second-order valence-electron chi connectivity index (χ2n) is 16.5. The lowest BCUT2D eigenvalue weighted by Gasteiger charge is -2.26. The van der Waals surface area contributed by atoms with Crippen LogP contribution in [0.15, 0.2) is 217 Å². The van der Waals surface area contributed by atoms with E-state index in [4.69, 9.17) is 4.98 Å². The standard InChI is InChI=1S/C59H49N3S2/c1-41-18-39-58-56(40-41)60-59(64-58)49-29-37-55(38-30-49)62(51-15-8-5-9-16-51)54-35-27-48(28-36-54)46-21-19-45(20-22-46)47-25-33-53(34-26-47)61(50-13-6-4-7-14-50)52-31-23-44(24-32-52)43(3)63-57-17-11-10-12-42(57)2/h4-10,12-16,19-38,40H,3,11,17-18,39H2,1-2H3. The topological polar surface area (TPSA) is 19.4 Å². The number of hydrogen-bond acceptors (Lipinski definition) is 5. The van der Waals surface area contributed by atoms with E-state index >= 15 is 0 Å². The maximum atomic E-state index is 5.00. The Morgan fingerprint density at radius 2 is 0.953 bits per heavy atom. The highest BCUT2D eigenvalue weighted by Gasteiger charge is 2.18. The van der Waals surface area contributed by atoms with Gasteiger partial charge in [-0.2, -0.15) is 0 Å². The zero-order valence-electron chi connectivity index (χ0n) is 36.2. The molecule has 1 aromatic heterocycles. The van der Waals surface area contributed by atoms with Crippen molar-refractivity contribution in [2.24, 2.45) is 0 Å². The van der Waals surface area contributed by atoms with Crippen molar-refractivity contribution in [2.75, 3.05) is 9.80 Å². The highest BCUT2D eigenvalue weighted by Crippen LogP contribution is 2.42. The number of nitrogens with zero attached hydrogens (tertiary/aromatic N) is 3. The van der Waals surface area contributed by atoms with Crippen molar-refractivity contribution in [2.45, 2.75) is 39.5 Å². The van der Waals surface area contributed by atoms with Crippen LogP contribution in [0.2, 0.25) is 0 Å². The molecule has 5 heteroatoms. The normalized spacial score (nSPS) is 13.3. The Kier molecular flexibility index (Phi) is 11.8. The zero-order chi connectivity index (χ0) is 43.4. The second-order valence-corrected chi connectivity index (χ2v) is 18.8. The van der Waals surface area contributed by atoms with Gasteiger partial charge in [-0.15, -0.1) is 11.3 Å². The monoisotopic (exact) mass is 863 g/mol. The predicted octanol–water partition coefficient (Wildman–Crippen LogP) is 17.8. The molecule has 1 heterocycles. The van der Waals surface area contributed by atoms with Crippen molar-refractivity contribution in [3.63, 3.8) is 0 Å². The number of rotatable bonds is 12. The van der Waals surface area contributed by atoms with E-state index in [-0.39, 0.29) is 0 Å². The summed E-state index contributed by atoms with van der Waals surface area (Å²) < 4.78 is 0. The Labute approximate surface area is 386 Å². The van der Waals surface area contributed by atoms with E-state index < -0.39 is 0 Å². The number of fused-ring (bicyclic) bond motifs is 1. The van der Waals surface area contributed by atoms with Gasteiger partial charge in [-0.3, -0.25) is 0 Å². The minimum absolute atomic E-state index is 1.08. The van der Waals surface area contributed by atoms with Crippen LogP contribution in [0.5, 0.6) is 0 Å². The molecule has 7 aromatic carbocycles. The highest BCUT2D eigenvalue weighted by atomic mass is 32.2. The SMILES string of the molecule is C=C(SC1=C(C)C=CCC1)c1ccc(N(c2ccccc2)c2ccc(-c3ccc(-c4ccc(N(c5ccccc5)c5ccc(-c6nc7c(s6)CCC(C)=C7)cc5)cc4)cc3)cc2)cc1. The molecule has 10 rings (SSSR count). The van der Waals surface area contributed by atoms with Crippen molar-refractivity contribution in [1.29, 1.82) is 0 Å². The van der Waals surface area contributed by atoms with E-state index in [2.05, 4.69) is 230 Å². The molecule has 8 aromatic rings. The molecule has 2 aliphatic carbocycles. The number of hydrogen-bond donors (Lipinski definition) is 0. The number of thiazole rings is 1. The van der Waals surface area contributed by atoms with Gasteiger partial charge in [0.2, 0.25) is 0 Å². The van der Waals surface area contributed by atoms with Gasteiger partial charge in [0.05, 0.1) is 5.69 Å². The summed E-state index contributed by atoms with van der Waals surface area (Å²) in [5.41, 5.74) is 17.6. The van der Waals surface area contributed by atoms with Crippen LogP contribution >= 0.6 is 23.1 Å². The van der Waals surface area contributed by atoms with Crippen LogP contribution in [-0.4, -0.2) is 4.98 Å². The molecule has 3 nitrogen and oxygen atoms in total. The number of thioether (sulfide) groups is 1. The fourth-order valence-corrected chi connectivity index (χ4v) is 10.6. The van der Waals surface area contributed by atoms with Gasteiger partial charge in [0.15, 0.2) is 0 Å². The molecule has 0 fully saturated rings. The molecule has 0 atom stereocenters. The number of aromatic nitrogens is 1. The van der Waals surface area contributed by atoms with Crippen LogP contribution in [0.1, 0.15) is 49.2 Å². The summed E-state index contributed by atoms with van der Waals surface area (Å²) in [7, 11) is 0. The average Bonchev–Trinajstić information content (AvgIpc) is 3.77. The van der Waals surface area contributed by atoms with Crippen LogP contribution in [0.4, 0.5) is 34.1 Å². The lowest BCUT2D eigenvalue weighted by molar-refractivity contribution is 0.939. The molecule has 0 unspecified atom stereocenters. The quantitative estimate of drug-likeness (QED) is 0.122. The largest absolute Gasteiger partial charge is 0.311 e. The number of benzene rings is 7. The van der Waals surface area contributed by atoms with E-state index in [0.29, 0.717) is 0 Å². The molecule has 2 aliphatic rings. The van der Waals surface area contributed by atoms with Crippen LogP contribution < -0.4 is 9.80 Å².